The average molecular weight is 193 g/mol. The van der Waals surface area contributed by atoms with Gasteiger partial charge in [0, 0.05) is 25.3 Å². The van der Waals surface area contributed by atoms with E-state index in [4.69, 9.17) is 5.73 Å². The van der Waals surface area contributed by atoms with Crippen molar-refractivity contribution in [3.05, 3.63) is 23.9 Å². The quantitative estimate of drug-likeness (QED) is 0.797. The van der Waals surface area contributed by atoms with Crippen LogP contribution in [0.25, 0.3) is 0 Å². The van der Waals surface area contributed by atoms with Crippen LogP contribution in [0.4, 0.5) is 5.82 Å². The third kappa shape index (κ3) is 2.45. The Hall–Kier alpha value is -1.09. The number of hydrogen-bond acceptors (Lipinski definition) is 3. The third-order valence-electron chi connectivity index (χ3n) is 2.43. The predicted octanol–water partition coefficient (Wildman–Crippen LogP) is 1.95. The topological polar surface area (TPSA) is 42.1 Å². The molecule has 0 aliphatic rings. The molecular formula is C11H19N3. The Labute approximate surface area is 85.9 Å². The highest BCUT2D eigenvalue weighted by atomic mass is 15.2. The third-order valence-corrected chi connectivity index (χ3v) is 2.43. The summed E-state index contributed by atoms with van der Waals surface area (Å²) in [5.41, 5.74) is 6.82. The van der Waals surface area contributed by atoms with Crippen LogP contribution in [0.2, 0.25) is 0 Å². The average Bonchev–Trinajstić information content (AvgIpc) is 2.16. The fourth-order valence-corrected chi connectivity index (χ4v) is 1.14. The SMILES string of the molecule is CC(N)c1ccc(N(C)C(C)C)nc1. The zero-order valence-corrected chi connectivity index (χ0v) is 9.36. The van der Waals surface area contributed by atoms with Gasteiger partial charge in [-0.15, -0.1) is 0 Å². The van der Waals surface area contributed by atoms with Gasteiger partial charge in [0.25, 0.3) is 0 Å². The van der Waals surface area contributed by atoms with Gasteiger partial charge >= 0.3 is 0 Å². The second-order valence-electron chi connectivity index (χ2n) is 3.94. The Bertz CT molecular complexity index is 277. The first-order chi connectivity index (χ1) is 6.52. The number of pyridine rings is 1. The maximum Gasteiger partial charge on any atom is 0.128 e. The van der Waals surface area contributed by atoms with E-state index in [-0.39, 0.29) is 6.04 Å². The second-order valence-corrected chi connectivity index (χ2v) is 3.94. The first kappa shape index (κ1) is 11.0. The largest absolute Gasteiger partial charge is 0.357 e. The highest BCUT2D eigenvalue weighted by molar-refractivity contribution is 5.39. The molecule has 1 rings (SSSR count). The first-order valence-electron chi connectivity index (χ1n) is 4.96. The molecule has 0 saturated carbocycles. The Morgan fingerprint density at radius 2 is 1.93 bits per heavy atom. The van der Waals surface area contributed by atoms with Crippen molar-refractivity contribution in [2.75, 3.05) is 11.9 Å². The van der Waals surface area contributed by atoms with E-state index in [1.165, 1.54) is 0 Å². The van der Waals surface area contributed by atoms with Crippen molar-refractivity contribution in [2.24, 2.45) is 5.73 Å². The molecule has 3 heteroatoms. The van der Waals surface area contributed by atoms with Crippen LogP contribution in [0.3, 0.4) is 0 Å². The molecule has 2 N–H and O–H groups in total. The smallest absolute Gasteiger partial charge is 0.128 e. The Morgan fingerprint density at radius 3 is 2.29 bits per heavy atom. The normalized spacial score (nSPS) is 13.0. The van der Waals surface area contributed by atoms with Gasteiger partial charge in [-0.3, -0.25) is 0 Å². The molecular weight excluding hydrogens is 174 g/mol. The van der Waals surface area contributed by atoms with E-state index in [1.54, 1.807) is 0 Å². The molecule has 0 aromatic carbocycles. The fraction of sp³-hybridized carbons (Fsp3) is 0.545. The lowest BCUT2D eigenvalue weighted by Gasteiger charge is -2.22. The highest BCUT2D eigenvalue weighted by Crippen LogP contribution is 2.14. The molecule has 0 radical (unpaired) electrons. The van der Waals surface area contributed by atoms with Gasteiger partial charge in [0.15, 0.2) is 0 Å². The standard InChI is InChI=1S/C11H19N3/c1-8(2)14(4)11-6-5-10(7-13-11)9(3)12/h5-9H,12H2,1-4H3. The number of hydrogen-bond donors (Lipinski definition) is 1. The molecule has 14 heavy (non-hydrogen) atoms. The summed E-state index contributed by atoms with van der Waals surface area (Å²) < 4.78 is 0. The van der Waals surface area contributed by atoms with E-state index in [1.807, 2.05) is 32.3 Å². The van der Waals surface area contributed by atoms with Gasteiger partial charge in [0.05, 0.1) is 0 Å². The lowest BCUT2D eigenvalue weighted by Crippen LogP contribution is -2.26. The van der Waals surface area contributed by atoms with Crippen LogP contribution in [0.1, 0.15) is 32.4 Å². The van der Waals surface area contributed by atoms with Crippen LogP contribution in [0, 0.1) is 0 Å². The summed E-state index contributed by atoms with van der Waals surface area (Å²) in [7, 11) is 2.04. The molecule has 1 unspecified atom stereocenters. The molecule has 0 amide bonds. The van der Waals surface area contributed by atoms with E-state index in [0.717, 1.165) is 11.4 Å². The van der Waals surface area contributed by atoms with Crippen LogP contribution in [0.5, 0.6) is 0 Å². The molecule has 0 fully saturated rings. The summed E-state index contributed by atoms with van der Waals surface area (Å²) in [5, 5.41) is 0. The van der Waals surface area contributed by atoms with Crippen LogP contribution in [-0.2, 0) is 0 Å². The number of nitrogens with zero attached hydrogens (tertiary/aromatic N) is 2. The molecule has 3 nitrogen and oxygen atoms in total. The molecule has 0 bridgehead atoms. The van der Waals surface area contributed by atoms with E-state index < -0.39 is 0 Å². The van der Waals surface area contributed by atoms with Gasteiger partial charge < -0.3 is 10.6 Å². The van der Waals surface area contributed by atoms with E-state index >= 15 is 0 Å². The summed E-state index contributed by atoms with van der Waals surface area (Å²) in [5.74, 6) is 0.990. The molecule has 0 saturated heterocycles. The van der Waals surface area contributed by atoms with Crippen molar-refractivity contribution in [3.63, 3.8) is 0 Å². The van der Waals surface area contributed by atoms with Crippen molar-refractivity contribution < 1.29 is 0 Å². The van der Waals surface area contributed by atoms with Crippen molar-refractivity contribution in [2.45, 2.75) is 32.9 Å². The lowest BCUT2D eigenvalue weighted by atomic mass is 10.1. The molecule has 78 valence electrons. The zero-order chi connectivity index (χ0) is 10.7. The van der Waals surface area contributed by atoms with Gasteiger partial charge in [-0.25, -0.2) is 4.98 Å². The Kier molecular flexibility index (Phi) is 3.47. The molecule has 0 aliphatic carbocycles. The van der Waals surface area contributed by atoms with Gasteiger partial charge in [-0.1, -0.05) is 6.07 Å². The van der Waals surface area contributed by atoms with Crippen molar-refractivity contribution in [1.82, 2.24) is 4.98 Å². The highest BCUT2D eigenvalue weighted by Gasteiger charge is 2.06. The van der Waals surface area contributed by atoms with Crippen LogP contribution >= 0.6 is 0 Å². The summed E-state index contributed by atoms with van der Waals surface area (Å²) in [6.07, 6.45) is 1.85. The monoisotopic (exact) mass is 193 g/mol. The van der Waals surface area contributed by atoms with Gasteiger partial charge in [-0.05, 0) is 32.4 Å². The number of rotatable bonds is 3. The summed E-state index contributed by atoms with van der Waals surface area (Å²) >= 11 is 0. The molecule has 0 aliphatic heterocycles. The summed E-state index contributed by atoms with van der Waals surface area (Å²) in [6, 6.07) is 4.56. The maximum atomic E-state index is 5.75. The van der Waals surface area contributed by atoms with E-state index in [0.29, 0.717) is 6.04 Å². The Balaban J connectivity index is 2.83. The Morgan fingerprint density at radius 1 is 1.29 bits per heavy atom. The maximum absolute atomic E-state index is 5.75. The summed E-state index contributed by atoms with van der Waals surface area (Å²) in [6.45, 7) is 6.24. The van der Waals surface area contributed by atoms with Gasteiger partial charge in [-0.2, -0.15) is 0 Å². The first-order valence-corrected chi connectivity index (χ1v) is 4.96. The van der Waals surface area contributed by atoms with Crippen LogP contribution in [-0.4, -0.2) is 18.1 Å². The minimum absolute atomic E-state index is 0.0564. The van der Waals surface area contributed by atoms with Crippen molar-refractivity contribution in [3.8, 4) is 0 Å². The molecule has 1 atom stereocenters. The van der Waals surface area contributed by atoms with Crippen molar-refractivity contribution in [1.29, 1.82) is 0 Å². The van der Waals surface area contributed by atoms with Crippen molar-refractivity contribution >= 4 is 5.82 Å². The lowest BCUT2D eigenvalue weighted by molar-refractivity contribution is 0.739. The second kappa shape index (κ2) is 4.42. The number of aromatic nitrogens is 1. The predicted molar refractivity (Wildman–Crippen MR) is 60.4 cm³/mol. The van der Waals surface area contributed by atoms with E-state index in [2.05, 4.69) is 23.7 Å². The van der Waals surface area contributed by atoms with Gasteiger partial charge in [0.1, 0.15) is 5.82 Å². The van der Waals surface area contributed by atoms with E-state index in [9.17, 15) is 0 Å². The molecule has 1 aromatic rings. The van der Waals surface area contributed by atoms with Crippen LogP contribution < -0.4 is 10.6 Å². The molecule has 1 heterocycles. The zero-order valence-electron chi connectivity index (χ0n) is 9.36. The molecule has 1 aromatic heterocycles. The van der Waals surface area contributed by atoms with Crippen LogP contribution in [0.15, 0.2) is 18.3 Å². The molecule has 0 spiro atoms. The number of nitrogens with two attached hydrogens (primary N) is 1. The fourth-order valence-electron chi connectivity index (χ4n) is 1.14. The minimum Gasteiger partial charge on any atom is -0.357 e. The summed E-state index contributed by atoms with van der Waals surface area (Å²) in [4.78, 5) is 6.50. The minimum atomic E-state index is 0.0564. The number of anilines is 1. The van der Waals surface area contributed by atoms with Gasteiger partial charge in [0.2, 0.25) is 0 Å².